The highest BCUT2D eigenvalue weighted by molar-refractivity contribution is 7.86. The number of rotatable bonds is 2. The Morgan fingerprint density at radius 1 is 1.57 bits per heavy atom. The number of hydrogen-bond donors (Lipinski definition) is 3. The largest absolute Gasteiger partial charge is 0.296 e. The lowest BCUT2D eigenvalue weighted by Gasteiger charge is -2.02. The fourth-order valence-electron chi connectivity index (χ4n) is 0.838. The summed E-state index contributed by atoms with van der Waals surface area (Å²) in [7, 11) is -4.47. The minimum Gasteiger partial charge on any atom is -0.289 e. The highest BCUT2D eigenvalue weighted by atomic mass is 32.2. The number of nitrogens with one attached hydrogen (secondary N) is 1. The van der Waals surface area contributed by atoms with Gasteiger partial charge in [-0.15, -0.1) is 0 Å². The molecule has 0 saturated carbocycles. The highest BCUT2D eigenvalue weighted by Crippen LogP contribution is 2.11. The van der Waals surface area contributed by atoms with Gasteiger partial charge in [0, 0.05) is 6.20 Å². The second kappa shape index (κ2) is 3.70. The molecular formula is C6H7N3O4S. The van der Waals surface area contributed by atoms with E-state index < -0.39 is 26.6 Å². The summed E-state index contributed by atoms with van der Waals surface area (Å²) in [5, 5.41) is 0. The van der Waals surface area contributed by atoms with Crippen molar-refractivity contribution in [1.29, 1.82) is 0 Å². The normalized spacial score (nSPS) is 11.0. The summed E-state index contributed by atoms with van der Waals surface area (Å²) in [6.45, 7) is 0. The predicted molar refractivity (Wildman–Crippen MR) is 45.7 cm³/mol. The van der Waals surface area contributed by atoms with Crippen molar-refractivity contribution < 1.29 is 17.8 Å². The van der Waals surface area contributed by atoms with E-state index >= 15 is 0 Å². The molecule has 76 valence electrons. The minimum atomic E-state index is -4.47. The molecule has 0 saturated heterocycles. The first-order valence-corrected chi connectivity index (χ1v) is 4.84. The first kappa shape index (κ1) is 10.6. The van der Waals surface area contributed by atoms with Crippen molar-refractivity contribution in [1.82, 2.24) is 10.4 Å². The summed E-state index contributed by atoms with van der Waals surface area (Å²) in [6, 6.07) is 2.32. The van der Waals surface area contributed by atoms with Gasteiger partial charge in [0.15, 0.2) is 5.69 Å². The zero-order valence-electron chi connectivity index (χ0n) is 6.84. The Balaban J connectivity index is 3.38. The second-order valence-electron chi connectivity index (χ2n) is 2.30. The number of carbonyl (C=O) groups excluding carboxylic acids is 1. The topological polar surface area (TPSA) is 122 Å². The van der Waals surface area contributed by atoms with Crippen LogP contribution in [0.1, 0.15) is 10.5 Å². The number of hydrogen-bond acceptors (Lipinski definition) is 5. The number of amides is 1. The van der Waals surface area contributed by atoms with Gasteiger partial charge in [-0.2, -0.15) is 8.42 Å². The molecule has 0 aliphatic rings. The Hall–Kier alpha value is -1.51. The lowest BCUT2D eigenvalue weighted by atomic mass is 10.3. The van der Waals surface area contributed by atoms with E-state index in [0.717, 1.165) is 6.07 Å². The zero-order chi connectivity index (χ0) is 10.8. The van der Waals surface area contributed by atoms with E-state index in [9.17, 15) is 13.2 Å². The van der Waals surface area contributed by atoms with Crippen LogP contribution in [0, 0.1) is 0 Å². The fraction of sp³-hybridized carbons (Fsp3) is 0. The Morgan fingerprint density at radius 3 is 2.71 bits per heavy atom. The van der Waals surface area contributed by atoms with E-state index in [2.05, 4.69) is 4.98 Å². The highest BCUT2D eigenvalue weighted by Gasteiger charge is 2.20. The molecule has 1 amide bonds. The van der Waals surface area contributed by atoms with Crippen LogP contribution in [0.5, 0.6) is 0 Å². The van der Waals surface area contributed by atoms with Gasteiger partial charge in [-0.1, -0.05) is 0 Å². The molecule has 0 atom stereocenters. The zero-order valence-corrected chi connectivity index (χ0v) is 7.65. The van der Waals surface area contributed by atoms with Gasteiger partial charge in [-0.3, -0.25) is 14.8 Å². The molecule has 1 heterocycles. The first-order chi connectivity index (χ1) is 6.46. The molecule has 14 heavy (non-hydrogen) atoms. The average molecular weight is 217 g/mol. The Morgan fingerprint density at radius 2 is 2.21 bits per heavy atom. The molecule has 0 aromatic carbocycles. The van der Waals surface area contributed by atoms with Crippen molar-refractivity contribution >= 4 is 16.0 Å². The number of nitrogen functional groups attached to an aromatic ring is 1. The molecule has 0 fully saturated rings. The van der Waals surface area contributed by atoms with Crippen molar-refractivity contribution in [3.8, 4) is 0 Å². The van der Waals surface area contributed by atoms with Crippen molar-refractivity contribution in [3.63, 3.8) is 0 Å². The van der Waals surface area contributed by atoms with Crippen LogP contribution in [-0.2, 0) is 10.1 Å². The number of aromatic nitrogens is 1. The summed E-state index contributed by atoms with van der Waals surface area (Å²) in [5.74, 6) is 3.91. The fourth-order valence-corrected chi connectivity index (χ4v) is 1.48. The number of nitrogens with two attached hydrogens (primary N) is 1. The first-order valence-electron chi connectivity index (χ1n) is 3.40. The molecule has 4 N–H and O–H groups in total. The summed E-state index contributed by atoms with van der Waals surface area (Å²) in [5.41, 5.74) is 1.27. The number of nitrogens with zero attached hydrogens (tertiary/aromatic N) is 1. The Bertz CT molecular complexity index is 456. The van der Waals surface area contributed by atoms with Crippen LogP contribution < -0.4 is 11.3 Å². The molecule has 7 nitrogen and oxygen atoms in total. The molecule has 1 aromatic rings. The summed E-state index contributed by atoms with van der Waals surface area (Å²) in [4.78, 5) is 13.9. The van der Waals surface area contributed by atoms with Crippen LogP contribution in [-0.4, -0.2) is 23.9 Å². The summed E-state index contributed by atoms with van der Waals surface area (Å²) in [6.07, 6.45) is 1.21. The van der Waals surface area contributed by atoms with E-state index in [4.69, 9.17) is 10.4 Å². The Kier molecular flexibility index (Phi) is 2.79. The van der Waals surface area contributed by atoms with Crippen LogP contribution in [0.15, 0.2) is 23.2 Å². The van der Waals surface area contributed by atoms with Gasteiger partial charge in [0.05, 0.1) is 0 Å². The van der Waals surface area contributed by atoms with Crippen LogP contribution in [0.3, 0.4) is 0 Å². The maximum Gasteiger partial charge on any atom is 0.296 e. The Labute approximate surface area is 79.7 Å². The predicted octanol–water partition coefficient (Wildman–Crippen LogP) is -1.07. The second-order valence-corrected chi connectivity index (χ2v) is 3.69. The van der Waals surface area contributed by atoms with Gasteiger partial charge in [0.2, 0.25) is 0 Å². The van der Waals surface area contributed by atoms with Gasteiger partial charge < -0.3 is 0 Å². The van der Waals surface area contributed by atoms with Crippen molar-refractivity contribution in [2.75, 3.05) is 0 Å². The monoisotopic (exact) mass is 217 g/mol. The summed E-state index contributed by atoms with van der Waals surface area (Å²) >= 11 is 0. The third-order valence-electron chi connectivity index (χ3n) is 1.39. The molecular weight excluding hydrogens is 210 g/mol. The molecule has 0 bridgehead atoms. The van der Waals surface area contributed by atoms with E-state index in [1.165, 1.54) is 12.3 Å². The van der Waals surface area contributed by atoms with Gasteiger partial charge in [-0.25, -0.2) is 10.8 Å². The van der Waals surface area contributed by atoms with Crippen LogP contribution in [0.25, 0.3) is 0 Å². The van der Waals surface area contributed by atoms with E-state index in [1.54, 1.807) is 5.43 Å². The number of hydrazine groups is 1. The molecule has 0 aliphatic carbocycles. The van der Waals surface area contributed by atoms with Crippen LogP contribution in [0.2, 0.25) is 0 Å². The van der Waals surface area contributed by atoms with Gasteiger partial charge in [0.25, 0.3) is 16.0 Å². The van der Waals surface area contributed by atoms with Crippen molar-refractivity contribution in [2.45, 2.75) is 4.90 Å². The molecule has 8 heteroatoms. The van der Waals surface area contributed by atoms with Gasteiger partial charge in [0.1, 0.15) is 4.90 Å². The van der Waals surface area contributed by atoms with Crippen LogP contribution >= 0.6 is 0 Å². The third-order valence-corrected chi connectivity index (χ3v) is 2.28. The van der Waals surface area contributed by atoms with E-state index in [-0.39, 0.29) is 0 Å². The lowest BCUT2D eigenvalue weighted by Crippen LogP contribution is -2.32. The number of carbonyl (C=O) groups is 1. The lowest BCUT2D eigenvalue weighted by molar-refractivity contribution is 0.0944. The quantitative estimate of drug-likeness (QED) is 0.251. The van der Waals surface area contributed by atoms with Crippen LogP contribution in [0.4, 0.5) is 0 Å². The molecule has 1 rings (SSSR count). The smallest absolute Gasteiger partial charge is 0.289 e. The third kappa shape index (κ3) is 2.05. The van der Waals surface area contributed by atoms with E-state index in [1.807, 2.05) is 0 Å². The molecule has 0 spiro atoms. The molecule has 0 unspecified atom stereocenters. The van der Waals surface area contributed by atoms with Crippen molar-refractivity contribution in [3.05, 3.63) is 24.0 Å². The molecule has 0 radical (unpaired) electrons. The van der Waals surface area contributed by atoms with Crippen molar-refractivity contribution in [2.24, 2.45) is 5.84 Å². The standard InChI is InChI=1S/C6H7N3O4S/c7-9-6(10)5-4(14(11,12)13)2-1-3-8-5/h1-3H,7H2,(H,9,10)(H,11,12,13). The maximum absolute atomic E-state index is 11.0. The minimum absolute atomic E-state index is 0.447. The molecule has 0 aliphatic heterocycles. The van der Waals surface area contributed by atoms with E-state index in [0.29, 0.717) is 0 Å². The maximum atomic E-state index is 11.0. The SMILES string of the molecule is NNC(=O)c1ncccc1S(=O)(=O)O. The average Bonchev–Trinajstić information content (AvgIpc) is 2.15. The summed E-state index contributed by atoms with van der Waals surface area (Å²) < 4.78 is 30.3. The van der Waals surface area contributed by atoms with Gasteiger partial charge >= 0.3 is 0 Å². The van der Waals surface area contributed by atoms with Gasteiger partial charge in [-0.05, 0) is 12.1 Å². The number of pyridine rings is 1. The molecule has 1 aromatic heterocycles.